The van der Waals surface area contributed by atoms with Crippen molar-refractivity contribution in [3.05, 3.63) is 77.4 Å². The minimum atomic E-state index is 0.664. The summed E-state index contributed by atoms with van der Waals surface area (Å²) in [5.41, 5.74) is 4.12. The SMILES string of the molecule is CCCCCOc1ccc([C@H]2CC[C@H](/C=C/C#Cc3ccc([C@H]4CC[C@H](CCC)CC4)cc3)CC2)cc1. The van der Waals surface area contributed by atoms with Crippen LogP contribution in [0.4, 0.5) is 0 Å². The van der Waals surface area contributed by atoms with E-state index in [9.17, 15) is 0 Å². The second kappa shape index (κ2) is 15.1. The third-order valence-electron chi connectivity index (χ3n) is 8.73. The molecule has 0 bridgehead atoms. The van der Waals surface area contributed by atoms with Gasteiger partial charge in [-0.3, -0.25) is 0 Å². The van der Waals surface area contributed by atoms with Crippen LogP contribution in [0.2, 0.25) is 0 Å². The van der Waals surface area contributed by atoms with E-state index in [1.54, 1.807) is 0 Å². The summed E-state index contributed by atoms with van der Waals surface area (Å²) in [6.45, 7) is 5.38. The highest BCUT2D eigenvalue weighted by Gasteiger charge is 2.22. The molecule has 198 valence electrons. The molecule has 2 aliphatic carbocycles. The van der Waals surface area contributed by atoms with E-state index in [0.717, 1.165) is 36.2 Å². The van der Waals surface area contributed by atoms with Crippen LogP contribution >= 0.6 is 0 Å². The van der Waals surface area contributed by atoms with E-state index in [1.165, 1.54) is 88.2 Å². The van der Waals surface area contributed by atoms with Crippen molar-refractivity contribution in [2.75, 3.05) is 6.61 Å². The van der Waals surface area contributed by atoms with E-state index in [1.807, 2.05) is 0 Å². The van der Waals surface area contributed by atoms with Gasteiger partial charge in [0.05, 0.1) is 6.61 Å². The third kappa shape index (κ3) is 8.81. The maximum atomic E-state index is 5.88. The average molecular weight is 497 g/mol. The van der Waals surface area contributed by atoms with Crippen LogP contribution in [-0.4, -0.2) is 6.61 Å². The highest BCUT2D eigenvalue weighted by atomic mass is 16.5. The first-order chi connectivity index (χ1) is 18.2. The summed E-state index contributed by atoms with van der Waals surface area (Å²) in [6.07, 6.45) is 21.4. The molecular weight excluding hydrogens is 448 g/mol. The van der Waals surface area contributed by atoms with Gasteiger partial charge in [0, 0.05) is 5.56 Å². The third-order valence-corrected chi connectivity index (χ3v) is 8.73. The Morgan fingerprint density at radius 1 is 0.730 bits per heavy atom. The number of ether oxygens (including phenoxy) is 1. The van der Waals surface area contributed by atoms with Crippen LogP contribution in [0.15, 0.2) is 60.7 Å². The van der Waals surface area contributed by atoms with Crippen LogP contribution in [0, 0.1) is 23.7 Å². The summed E-state index contributed by atoms with van der Waals surface area (Å²) < 4.78 is 5.88. The van der Waals surface area contributed by atoms with Gasteiger partial charge < -0.3 is 4.74 Å². The van der Waals surface area contributed by atoms with Gasteiger partial charge in [0.25, 0.3) is 0 Å². The molecule has 2 aliphatic rings. The van der Waals surface area contributed by atoms with Gasteiger partial charge in [-0.15, -0.1) is 0 Å². The standard InChI is InChI=1S/C36H48O/c1-3-5-8-28-37-36-26-24-35(25-27-36)34-22-16-31(17-23-34)11-7-6-10-30-14-20-33(21-15-30)32-18-12-29(9-4-2)13-19-32/h7,11,14-15,20-21,24-27,29,31-32,34H,3-5,8-9,12-13,16-19,22-23,28H2,1-2H3/b11-7+/t29-,31-,32-,34-. The molecule has 0 N–H and O–H groups in total. The summed E-state index contributed by atoms with van der Waals surface area (Å²) in [7, 11) is 0. The van der Waals surface area contributed by atoms with E-state index >= 15 is 0 Å². The molecule has 2 aromatic rings. The Bertz CT molecular complexity index is 987. The lowest BCUT2D eigenvalue weighted by Gasteiger charge is -2.28. The maximum Gasteiger partial charge on any atom is 0.119 e. The largest absolute Gasteiger partial charge is 0.494 e. The Labute approximate surface area is 227 Å². The van der Waals surface area contributed by atoms with Crippen molar-refractivity contribution in [2.45, 2.75) is 109 Å². The molecule has 0 unspecified atom stereocenters. The minimum absolute atomic E-state index is 0.664. The molecule has 0 heterocycles. The zero-order valence-electron chi connectivity index (χ0n) is 23.4. The summed E-state index contributed by atoms with van der Waals surface area (Å²) in [5.74, 6) is 10.7. The van der Waals surface area contributed by atoms with Crippen LogP contribution < -0.4 is 4.74 Å². The molecule has 0 aromatic heterocycles. The Hall–Kier alpha value is -2.46. The highest BCUT2D eigenvalue weighted by molar-refractivity contribution is 5.39. The van der Waals surface area contributed by atoms with Crippen molar-refractivity contribution in [1.82, 2.24) is 0 Å². The van der Waals surface area contributed by atoms with Crippen molar-refractivity contribution in [3.63, 3.8) is 0 Å². The average Bonchev–Trinajstić information content (AvgIpc) is 2.95. The van der Waals surface area contributed by atoms with Gasteiger partial charge in [-0.25, -0.2) is 0 Å². The predicted molar refractivity (Wildman–Crippen MR) is 158 cm³/mol. The first kappa shape index (κ1) is 27.6. The molecule has 4 rings (SSSR count). The van der Waals surface area contributed by atoms with E-state index in [4.69, 9.17) is 4.74 Å². The Balaban J connectivity index is 1.18. The molecule has 37 heavy (non-hydrogen) atoms. The quantitative estimate of drug-likeness (QED) is 0.235. The number of benzene rings is 2. The van der Waals surface area contributed by atoms with Crippen LogP contribution in [0.5, 0.6) is 5.75 Å². The Morgan fingerprint density at radius 2 is 1.35 bits per heavy atom. The number of hydrogen-bond acceptors (Lipinski definition) is 1. The molecule has 0 amide bonds. The molecule has 1 heteroatoms. The molecule has 0 atom stereocenters. The summed E-state index contributed by atoms with van der Waals surface area (Å²) in [4.78, 5) is 0. The molecule has 1 nitrogen and oxygen atoms in total. The van der Waals surface area contributed by atoms with Gasteiger partial charge in [-0.1, -0.05) is 81.7 Å². The summed E-state index contributed by atoms with van der Waals surface area (Å²) >= 11 is 0. The van der Waals surface area contributed by atoms with E-state index in [2.05, 4.69) is 86.4 Å². The summed E-state index contributed by atoms with van der Waals surface area (Å²) in [5, 5.41) is 0. The second-order valence-corrected chi connectivity index (χ2v) is 11.5. The normalized spacial score (nSPS) is 23.9. The number of unbranched alkanes of at least 4 members (excludes halogenated alkanes) is 2. The van der Waals surface area contributed by atoms with Crippen molar-refractivity contribution >= 4 is 0 Å². The molecule has 0 aliphatic heterocycles. The lowest BCUT2D eigenvalue weighted by atomic mass is 9.77. The van der Waals surface area contributed by atoms with Crippen molar-refractivity contribution in [3.8, 4) is 17.6 Å². The Kier molecular flexibility index (Phi) is 11.2. The van der Waals surface area contributed by atoms with Crippen LogP contribution in [0.1, 0.15) is 126 Å². The molecule has 0 radical (unpaired) electrons. The first-order valence-electron chi connectivity index (χ1n) is 15.3. The fourth-order valence-electron chi connectivity index (χ4n) is 6.36. The van der Waals surface area contributed by atoms with Gasteiger partial charge in [-0.05, 0) is 123 Å². The number of hydrogen-bond donors (Lipinski definition) is 0. The minimum Gasteiger partial charge on any atom is -0.494 e. The first-order valence-corrected chi connectivity index (χ1v) is 15.3. The van der Waals surface area contributed by atoms with E-state index < -0.39 is 0 Å². The molecule has 2 aromatic carbocycles. The fourth-order valence-corrected chi connectivity index (χ4v) is 6.36. The molecule has 0 saturated heterocycles. The second-order valence-electron chi connectivity index (χ2n) is 11.5. The lowest BCUT2D eigenvalue weighted by molar-refractivity contribution is 0.306. The highest BCUT2D eigenvalue weighted by Crippen LogP contribution is 2.38. The topological polar surface area (TPSA) is 9.23 Å². The van der Waals surface area contributed by atoms with E-state index in [0.29, 0.717) is 11.8 Å². The number of allylic oxidation sites excluding steroid dienone is 2. The van der Waals surface area contributed by atoms with Gasteiger partial charge in [0.1, 0.15) is 5.75 Å². The van der Waals surface area contributed by atoms with Crippen LogP contribution in [0.25, 0.3) is 0 Å². The monoisotopic (exact) mass is 496 g/mol. The predicted octanol–water partition coefficient (Wildman–Crippen LogP) is 10.2. The molecule has 2 fully saturated rings. The van der Waals surface area contributed by atoms with Crippen LogP contribution in [-0.2, 0) is 0 Å². The Morgan fingerprint density at radius 3 is 1.97 bits per heavy atom. The van der Waals surface area contributed by atoms with Crippen LogP contribution in [0.3, 0.4) is 0 Å². The van der Waals surface area contributed by atoms with Crippen molar-refractivity contribution in [1.29, 1.82) is 0 Å². The van der Waals surface area contributed by atoms with Gasteiger partial charge in [-0.2, -0.15) is 0 Å². The van der Waals surface area contributed by atoms with Crippen molar-refractivity contribution in [2.24, 2.45) is 11.8 Å². The zero-order chi connectivity index (χ0) is 25.7. The van der Waals surface area contributed by atoms with Gasteiger partial charge in [0.2, 0.25) is 0 Å². The summed E-state index contributed by atoms with van der Waals surface area (Å²) in [6, 6.07) is 18.0. The lowest BCUT2D eigenvalue weighted by Crippen LogP contribution is -2.13. The van der Waals surface area contributed by atoms with Crippen molar-refractivity contribution < 1.29 is 4.74 Å². The number of rotatable bonds is 10. The molecule has 2 saturated carbocycles. The smallest absolute Gasteiger partial charge is 0.119 e. The maximum absolute atomic E-state index is 5.88. The van der Waals surface area contributed by atoms with E-state index in [-0.39, 0.29) is 0 Å². The van der Waals surface area contributed by atoms with Gasteiger partial charge >= 0.3 is 0 Å². The fraction of sp³-hybridized carbons (Fsp3) is 0.556. The molecular formula is C36H48O. The van der Waals surface area contributed by atoms with Gasteiger partial charge in [0.15, 0.2) is 0 Å². The zero-order valence-corrected chi connectivity index (χ0v) is 23.4. The molecule has 0 spiro atoms.